The zero-order valence-electron chi connectivity index (χ0n) is 14.9. The monoisotopic (exact) mass is 379 g/mol. The maximum atomic E-state index is 6.01. The molecule has 0 bridgehead atoms. The number of halogens is 1. The summed E-state index contributed by atoms with van der Waals surface area (Å²) in [5.74, 6) is 2.45. The van der Waals surface area contributed by atoms with E-state index >= 15 is 0 Å². The number of fused-ring (bicyclic) bond motifs is 1. The van der Waals surface area contributed by atoms with Gasteiger partial charge in [0, 0.05) is 28.2 Å². The van der Waals surface area contributed by atoms with Crippen LogP contribution >= 0.6 is 11.6 Å². The molecule has 4 aromatic rings. The number of rotatable bonds is 5. The number of hydrogen-bond donors (Lipinski definition) is 3. The lowest BCUT2D eigenvalue weighted by Gasteiger charge is -2.11. The molecule has 7 nitrogen and oxygen atoms in total. The quantitative estimate of drug-likeness (QED) is 0.471. The standard InChI is InChI=1S/C19H18ClN7/c1-3-21-14-8-9-15-16(10-14)23-17(12-4-6-13(20)7-5-12)24-18(15)25-19-22-11(2)26-27-19/h4-10,21H,3H2,1-2H3,(H2,22,23,24,25,26,27). The maximum Gasteiger partial charge on any atom is 0.224 e. The molecule has 2 aromatic heterocycles. The van der Waals surface area contributed by atoms with E-state index < -0.39 is 0 Å². The molecule has 0 unspecified atom stereocenters. The third-order valence-corrected chi connectivity index (χ3v) is 4.27. The van der Waals surface area contributed by atoms with E-state index in [0.29, 0.717) is 28.4 Å². The Bertz CT molecular complexity index is 1090. The van der Waals surface area contributed by atoms with Gasteiger partial charge < -0.3 is 10.6 Å². The number of aromatic amines is 1. The Kier molecular flexibility index (Phi) is 4.60. The molecule has 0 saturated heterocycles. The van der Waals surface area contributed by atoms with Gasteiger partial charge >= 0.3 is 0 Å². The van der Waals surface area contributed by atoms with E-state index in [4.69, 9.17) is 21.6 Å². The lowest BCUT2D eigenvalue weighted by molar-refractivity contribution is 1.04. The molecule has 3 N–H and O–H groups in total. The van der Waals surface area contributed by atoms with E-state index in [2.05, 4.69) is 32.7 Å². The predicted molar refractivity (Wildman–Crippen MR) is 109 cm³/mol. The van der Waals surface area contributed by atoms with Crippen LogP contribution in [0.4, 0.5) is 17.5 Å². The van der Waals surface area contributed by atoms with Crippen LogP contribution in [0.25, 0.3) is 22.3 Å². The molecular formula is C19H18ClN7. The molecule has 0 aliphatic carbocycles. The summed E-state index contributed by atoms with van der Waals surface area (Å²) in [4.78, 5) is 13.8. The average Bonchev–Trinajstić information content (AvgIpc) is 3.07. The van der Waals surface area contributed by atoms with Gasteiger partial charge in [-0.2, -0.15) is 10.1 Å². The van der Waals surface area contributed by atoms with E-state index in [1.54, 1.807) is 0 Å². The smallest absolute Gasteiger partial charge is 0.224 e. The van der Waals surface area contributed by atoms with Crippen LogP contribution in [-0.2, 0) is 0 Å². The van der Waals surface area contributed by atoms with Gasteiger partial charge in [0.25, 0.3) is 0 Å². The summed E-state index contributed by atoms with van der Waals surface area (Å²) in [6.07, 6.45) is 0. The van der Waals surface area contributed by atoms with Crippen LogP contribution in [0.2, 0.25) is 5.02 Å². The van der Waals surface area contributed by atoms with E-state index in [9.17, 15) is 0 Å². The van der Waals surface area contributed by atoms with Crippen LogP contribution in [-0.4, -0.2) is 31.7 Å². The highest BCUT2D eigenvalue weighted by Crippen LogP contribution is 2.29. The van der Waals surface area contributed by atoms with E-state index in [1.165, 1.54) is 0 Å². The molecule has 8 heteroatoms. The molecule has 0 aliphatic rings. The second-order valence-electron chi connectivity index (χ2n) is 6.02. The van der Waals surface area contributed by atoms with Crippen LogP contribution < -0.4 is 10.6 Å². The van der Waals surface area contributed by atoms with Gasteiger partial charge in [-0.05, 0) is 56.3 Å². The average molecular weight is 380 g/mol. The van der Waals surface area contributed by atoms with Crippen LogP contribution in [0, 0.1) is 6.92 Å². The molecule has 27 heavy (non-hydrogen) atoms. The molecule has 0 amide bonds. The largest absolute Gasteiger partial charge is 0.385 e. The summed E-state index contributed by atoms with van der Waals surface area (Å²) in [6.45, 7) is 4.72. The van der Waals surface area contributed by atoms with Gasteiger partial charge in [0.1, 0.15) is 11.6 Å². The van der Waals surface area contributed by atoms with Crippen molar-refractivity contribution in [2.24, 2.45) is 0 Å². The van der Waals surface area contributed by atoms with Crippen molar-refractivity contribution in [3.05, 3.63) is 53.3 Å². The van der Waals surface area contributed by atoms with Gasteiger partial charge in [-0.3, -0.25) is 0 Å². The molecule has 4 rings (SSSR count). The van der Waals surface area contributed by atoms with Gasteiger partial charge in [-0.15, -0.1) is 0 Å². The van der Waals surface area contributed by atoms with Crippen LogP contribution in [0.5, 0.6) is 0 Å². The predicted octanol–water partition coefficient (Wildman–Crippen LogP) is 4.55. The Labute approximate surface area is 161 Å². The van der Waals surface area contributed by atoms with E-state index in [1.807, 2.05) is 49.4 Å². The summed E-state index contributed by atoms with van der Waals surface area (Å²) in [7, 11) is 0. The fourth-order valence-corrected chi connectivity index (χ4v) is 2.91. The number of H-pyrrole nitrogens is 1. The molecule has 136 valence electrons. The zero-order valence-corrected chi connectivity index (χ0v) is 15.7. The van der Waals surface area contributed by atoms with Crippen molar-refractivity contribution in [1.29, 1.82) is 0 Å². The number of nitrogens with zero attached hydrogens (tertiary/aromatic N) is 4. The second-order valence-corrected chi connectivity index (χ2v) is 6.46. The molecule has 0 atom stereocenters. The Hall–Kier alpha value is -3.19. The first-order valence-electron chi connectivity index (χ1n) is 8.60. The van der Waals surface area contributed by atoms with E-state index in [0.717, 1.165) is 28.7 Å². The first kappa shape index (κ1) is 17.2. The highest BCUT2D eigenvalue weighted by atomic mass is 35.5. The minimum atomic E-state index is 0.533. The lowest BCUT2D eigenvalue weighted by atomic mass is 10.1. The summed E-state index contributed by atoms with van der Waals surface area (Å²) < 4.78 is 0. The van der Waals surface area contributed by atoms with Gasteiger partial charge in [0.15, 0.2) is 5.82 Å². The van der Waals surface area contributed by atoms with Crippen molar-refractivity contribution in [2.45, 2.75) is 13.8 Å². The van der Waals surface area contributed by atoms with E-state index in [-0.39, 0.29) is 0 Å². The fourth-order valence-electron chi connectivity index (χ4n) is 2.78. The highest BCUT2D eigenvalue weighted by molar-refractivity contribution is 6.30. The number of hydrogen-bond acceptors (Lipinski definition) is 6. The molecule has 0 fully saturated rings. The van der Waals surface area contributed by atoms with Crippen molar-refractivity contribution >= 4 is 40.0 Å². The molecule has 0 radical (unpaired) electrons. The van der Waals surface area contributed by atoms with Crippen molar-refractivity contribution < 1.29 is 0 Å². The normalized spacial score (nSPS) is 10.9. The van der Waals surface area contributed by atoms with Crippen molar-refractivity contribution in [1.82, 2.24) is 25.1 Å². The summed E-state index contributed by atoms with van der Waals surface area (Å²) >= 11 is 6.01. The maximum absolute atomic E-state index is 6.01. The SMILES string of the molecule is CCNc1ccc2c(Nc3nc(C)n[nH]3)nc(-c3ccc(Cl)cc3)nc2c1. The molecular weight excluding hydrogens is 362 g/mol. The van der Waals surface area contributed by atoms with Crippen LogP contribution in [0.1, 0.15) is 12.7 Å². The third kappa shape index (κ3) is 3.68. The Morgan fingerprint density at radius 3 is 2.56 bits per heavy atom. The third-order valence-electron chi connectivity index (χ3n) is 4.01. The van der Waals surface area contributed by atoms with Gasteiger partial charge in [-0.1, -0.05) is 11.6 Å². The van der Waals surface area contributed by atoms with Gasteiger partial charge in [0.05, 0.1) is 5.52 Å². The van der Waals surface area contributed by atoms with Crippen molar-refractivity contribution in [2.75, 3.05) is 17.2 Å². The van der Waals surface area contributed by atoms with Crippen LogP contribution in [0.3, 0.4) is 0 Å². The van der Waals surface area contributed by atoms with Crippen molar-refractivity contribution in [3.8, 4) is 11.4 Å². The number of nitrogens with one attached hydrogen (secondary N) is 3. The summed E-state index contributed by atoms with van der Waals surface area (Å²) in [5.41, 5.74) is 2.71. The minimum absolute atomic E-state index is 0.533. The number of anilines is 3. The minimum Gasteiger partial charge on any atom is -0.385 e. The molecule has 0 saturated carbocycles. The second kappa shape index (κ2) is 7.20. The zero-order chi connectivity index (χ0) is 18.8. The number of aromatic nitrogens is 5. The molecule has 0 spiro atoms. The molecule has 2 heterocycles. The summed E-state index contributed by atoms with van der Waals surface area (Å²) in [6, 6.07) is 13.5. The Morgan fingerprint density at radius 2 is 1.85 bits per heavy atom. The van der Waals surface area contributed by atoms with Gasteiger partial charge in [-0.25, -0.2) is 15.1 Å². The Morgan fingerprint density at radius 1 is 1.04 bits per heavy atom. The van der Waals surface area contributed by atoms with Crippen molar-refractivity contribution in [3.63, 3.8) is 0 Å². The number of aryl methyl sites for hydroxylation is 1. The molecule has 0 aliphatic heterocycles. The topological polar surface area (TPSA) is 91.4 Å². The van der Waals surface area contributed by atoms with Crippen LogP contribution in [0.15, 0.2) is 42.5 Å². The molecule has 2 aromatic carbocycles. The highest BCUT2D eigenvalue weighted by Gasteiger charge is 2.12. The lowest BCUT2D eigenvalue weighted by Crippen LogP contribution is -2.02. The van der Waals surface area contributed by atoms with Gasteiger partial charge in [0.2, 0.25) is 5.95 Å². The first-order valence-corrected chi connectivity index (χ1v) is 8.98. The first-order chi connectivity index (χ1) is 13.1. The fraction of sp³-hybridized carbons (Fsp3) is 0.158. The Balaban J connectivity index is 1.86. The summed E-state index contributed by atoms with van der Waals surface area (Å²) in [5, 5.41) is 15.0. The number of benzene rings is 2.